The minimum Gasteiger partial charge on any atom is -0.492 e. The van der Waals surface area contributed by atoms with Gasteiger partial charge in [0.25, 0.3) is 0 Å². The number of benzene rings is 1. The fraction of sp³-hybridized carbons (Fsp3) is 0.526. The second-order valence-electron chi connectivity index (χ2n) is 7.16. The van der Waals surface area contributed by atoms with Gasteiger partial charge in [0, 0.05) is 30.8 Å². The van der Waals surface area contributed by atoms with Crippen LogP contribution in [0.25, 0.3) is 11.3 Å². The quantitative estimate of drug-likeness (QED) is 0.626. The van der Waals surface area contributed by atoms with Crippen LogP contribution in [0.2, 0.25) is 5.02 Å². The zero-order valence-electron chi connectivity index (χ0n) is 16.2. The molecule has 0 bridgehead atoms. The molecule has 28 heavy (non-hydrogen) atoms. The zero-order chi connectivity index (χ0) is 20.9. The highest BCUT2D eigenvalue weighted by Gasteiger charge is 2.35. The maximum Gasteiger partial charge on any atom is 0.418 e. The van der Waals surface area contributed by atoms with Gasteiger partial charge in [-0.2, -0.15) is 18.3 Å². The molecule has 0 amide bonds. The van der Waals surface area contributed by atoms with Crippen LogP contribution in [0.3, 0.4) is 0 Å². The fourth-order valence-corrected chi connectivity index (χ4v) is 3.00. The molecule has 0 fully saturated rings. The maximum absolute atomic E-state index is 13.5. The SMILES string of the molecule is CC(C)CCOc1cc(-c2[nH]ncc2CN(C)CCN)cc(C(F)(F)F)c1Cl. The van der Waals surface area contributed by atoms with Gasteiger partial charge < -0.3 is 15.4 Å². The van der Waals surface area contributed by atoms with Crippen molar-refractivity contribution < 1.29 is 17.9 Å². The van der Waals surface area contributed by atoms with E-state index in [1.54, 1.807) is 6.20 Å². The first-order valence-corrected chi connectivity index (χ1v) is 9.46. The van der Waals surface area contributed by atoms with E-state index < -0.39 is 16.8 Å². The molecule has 3 N–H and O–H groups in total. The molecule has 0 atom stereocenters. The molecule has 0 saturated heterocycles. The van der Waals surface area contributed by atoms with Crippen molar-refractivity contribution in [3.05, 3.63) is 34.5 Å². The third-order valence-corrected chi connectivity index (χ3v) is 4.64. The molecular formula is C19H26ClF3N4O. The Bertz CT molecular complexity index is 777. The topological polar surface area (TPSA) is 67.2 Å². The Morgan fingerprint density at radius 2 is 2.04 bits per heavy atom. The largest absolute Gasteiger partial charge is 0.492 e. The number of nitrogens with zero attached hydrogens (tertiary/aromatic N) is 2. The maximum atomic E-state index is 13.5. The van der Waals surface area contributed by atoms with Crippen LogP contribution in [0.5, 0.6) is 5.75 Å². The minimum atomic E-state index is -4.60. The second-order valence-corrected chi connectivity index (χ2v) is 7.54. The summed E-state index contributed by atoms with van der Waals surface area (Å²) in [6, 6.07) is 2.55. The summed E-state index contributed by atoms with van der Waals surface area (Å²) in [7, 11) is 1.88. The molecular weight excluding hydrogens is 393 g/mol. The van der Waals surface area contributed by atoms with Crippen molar-refractivity contribution in [2.24, 2.45) is 11.7 Å². The van der Waals surface area contributed by atoms with E-state index in [9.17, 15) is 13.2 Å². The number of alkyl halides is 3. The van der Waals surface area contributed by atoms with Crippen LogP contribution >= 0.6 is 11.6 Å². The first-order chi connectivity index (χ1) is 13.1. The molecule has 0 aliphatic carbocycles. The lowest BCUT2D eigenvalue weighted by molar-refractivity contribution is -0.137. The van der Waals surface area contributed by atoms with Gasteiger partial charge in [-0.25, -0.2) is 0 Å². The first-order valence-electron chi connectivity index (χ1n) is 9.08. The predicted molar refractivity (Wildman–Crippen MR) is 104 cm³/mol. The van der Waals surface area contributed by atoms with Gasteiger partial charge in [-0.1, -0.05) is 25.4 Å². The standard InChI is InChI=1S/C19H26ClF3N4O/c1-12(2)4-7-28-16-9-13(8-15(17(16)20)19(21,22)23)18-14(10-25-26-18)11-27(3)6-5-24/h8-10,12H,4-7,11,24H2,1-3H3,(H,25,26). The van der Waals surface area contributed by atoms with Crippen molar-refractivity contribution in [2.45, 2.75) is 33.0 Å². The summed E-state index contributed by atoms with van der Waals surface area (Å²) in [5.74, 6) is 0.379. The van der Waals surface area contributed by atoms with Crippen LogP contribution in [-0.4, -0.2) is 41.8 Å². The van der Waals surface area contributed by atoms with Crippen molar-refractivity contribution in [3.63, 3.8) is 0 Å². The van der Waals surface area contributed by atoms with Gasteiger partial charge in [0.05, 0.1) is 29.1 Å². The van der Waals surface area contributed by atoms with E-state index in [-0.39, 0.29) is 12.4 Å². The minimum absolute atomic E-state index is 0.0167. The smallest absolute Gasteiger partial charge is 0.418 e. The first kappa shape index (κ1) is 22.5. The number of hydrogen-bond donors (Lipinski definition) is 2. The average molecular weight is 419 g/mol. The van der Waals surface area contributed by atoms with E-state index >= 15 is 0 Å². The zero-order valence-corrected chi connectivity index (χ0v) is 17.0. The molecule has 2 aromatic rings. The molecule has 156 valence electrons. The highest BCUT2D eigenvalue weighted by atomic mass is 35.5. The van der Waals surface area contributed by atoms with Crippen molar-refractivity contribution in [1.82, 2.24) is 15.1 Å². The van der Waals surface area contributed by atoms with Gasteiger partial charge >= 0.3 is 6.18 Å². The monoisotopic (exact) mass is 418 g/mol. The molecule has 1 heterocycles. The van der Waals surface area contributed by atoms with Gasteiger partial charge in [-0.15, -0.1) is 0 Å². The Labute approximate surface area is 168 Å². The predicted octanol–water partition coefficient (Wildman–Crippen LogP) is 4.56. The van der Waals surface area contributed by atoms with Crippen molar-refractivity contribution in [3.8, 4) is 17.0 Å². The Morgan fingerprint density at radius 3 is 2.64 bits per heavy atom. The lowest BCUT2D eigenvalue weighted by Crippen LogP contribution is -2.25. The van der Waals surface area contributed by atoms with E-state index in [2.05, 4.69) is 10.2 Å². The molecule has 0 spiro atoms. The highest BCUT2D eigenvalue weighted by Crippen LogP contribution is 2.42. The van der Waals surface area contributed by atoms with E-state index in [1.807, 2.05) is 25.8 Å². The second kappa shape index (κ2) is 9.62. The number of H-pyrrole nitrogens is 1. The summed E-state index contributed by atoms with van der Waals surface area (Å²) in [4.78, 5) is 1.97. The Balaban J connectivity index is 2.43. The van der Waals surface area contributed by atoms with Crippen LogP contribution in [0.15, 0.2) is 18.3 Å². The lowest BCUT2D eigenvalue weighted by atomic mass is 10.0. The Morgan fingerprint density at radius 1 is 1.32 bits per heavy atom. The van der Waals surface area contributed by atoms with Gasteiger partial charge in [-0.3, -0.25) is 5.10 Å². The number of halogens is 4. The van der Waals surface area contributed by atoms with Crippen molar-refractivity contribution in [2.75, 3.05) is 26.7 Å². The molecule has 0 radical (unpaired) electrons. The molecule has 2 rings (SSSR count). The lowest BCUT2D eigenvalue weighted by Gasteiger charge is -2.18. The number of aromatic amines is 1. The Kier molecular flexibility index (Phi) is 7.74. The van der Waals surface area contributed by atoms with Gasteiger partial charge in [0.15, 0.2) is 0 Å². The third kappa shape index (κ3) is 5.86. The number of likely N-dealkylation sites (N-methyl/N-ethyl adjacent to an activating group) is 1. The van der Waals surface area contributed by atoms with Gasteiger partial charge in [0.1, 0.15) is 5.75 Å². The van der Waals surface area contributed by atoms with Crippen LogP contribution in [0, 0.1) is 5.92 Å². The summed E-state index contributed by atoms with van der Waals surface area (Å²) < 4.78 is 46.2. The van der Waals surface area contributed by atoms with Gasteiger partial charge in [-0.05, 0) is 31.5 Å². The molecule has 0 aliphatic rings. The normalized spacial score (nSPS) is 12.2. The summed E-state index contributed by atoms with van der Waals surface area (Å²) in [6.07, 6.45) is -2.29. The van der Waals surface area contributed by atoms with Crippen LogP contribution in [0.1, 0.15) is 31.4 Å². The van der Waals surface area contributed by atoms with E-state index in [1.165, 1.54) is 6.07 Å². The molecule has 5 nitrogen and oxygen atoms in total. The van der Waals surface area contributed by atoms with Gasteiger partial charge in [0.2, 0.25) is 0 Å². The molecule has 1 aromatic carbocycles. The average Bonchev–Trinajstić information content (AvgIpc) is 3.03. The van der Waals surface area contributed by atoms with Crippen LogP contribution in [-0.2, 0) is 12.7 Å². The molecule has 1 aromatic heterocycles. The highest BCUT2D eigenvalue weighted by molar-refractivity contribution is 6.33. The summed E-state index contributed by atoms with van der Waals surface area (Å²) in [5, 5.41) is 6.37. The number of nitrogens with two attached hydrogens (primary N) is 1. The fourth-order valence-electron chi connectivity index (χ4n) is 2.73. The Hall–Kier alpha value is -1.77. The summed E-state index contributed by atoms with van der Waals surface area (Å²) >= 11 is 6.01. The molecule has 0 unspecified atom stereocenters. The summed E-state index contributed by atoms with van der Waals surface area (Å²) in [6.45, 7) is 5.94. The van der Waals surface area contributed by atoms with E-state index in [0.29, 0.717) is 43.2 Å². The van der Waals surface area contributed by atoms with E-state index in [4.69, 9.17) is 22.1 Å². The summed E-state index contributed by atoms with van der Waals surface area (Å²) in [5.41, 5.74) is 6.22. The molecule has 0 aliphatic heterocycles. The van der Waals surface area contributed by atoms with Crippen LogP contribution < -0.4 is 10.5 Å². The van der Waals surface area contributed by atoms with Crippen LogP contribution in [0.4, 0.5) is 13.2 Å². The third-order valence-electron chi connectivity index (χ3n) is 4.26. The van der Waals surface area contributed by atoms with E-state index in [0.717, 1.165) is 11.6 Å². The van der Waals surface area contributed by atoms with Crippen molar-refractivity contribution >= 4 is 11.6 Å². The number of hydrogen-bond acceptors (Lipinski definition) is 4. The number of rotatable bonds is 9. The number of nitrogens with one attached hydrogen (secondary N) is 1. The molecule has 9 heteroatoms. The molecule has 0 saturated carbocycles. The van der Waals surface area contributed by atoms with Crippen molar-refractivity contribution in [1.29, 1.82) is 0 Å². The number of ether oxygens (including phenoxy) is 1. The number of aromatic nitrogens is 2.